The van der Waals surface area contributed by atoms with E-state index in [1.165, 1.54) is 9.80 Å². The monoisotopic (exact) mass is 601 g/mol. The molecule has 4 aromatic rings. The fourth-order valence-electron chi connectivity index (χ4n) is 5.72. The van der Waals surface area contributed by atoms with E-state index in [4.69, 9.17) is 0 Å². The van der Waals surface area contributed by atoms with Crippen molar-refractivity contribution in [3.63, 3.8) is 0 Å². The highest BCUT2D eigenvalue weighted by Crippen LogP contribution is 2.34. The summed E-state index contributed by atoms with van der Waals surface area (Å²) in [4.78, 5) is 60.2. The van der Waals surface area contributed by atoms with E-state index < -0.39 is 0 Å². The van der Waals surface area contributed by atoms with Crippen LogP contribution in [0.25, 0.3) is 11.1 Å². The zero-order valence-electron chi connectivity index (χ0n) is 25.4. The van der Waals surface area contributed by atoms with Crippen LogP contribution in [0.1, 0.15) is 26.3 Å². The van der Waals surface area contributed by atoms with Gasteiger partial charge in [0.1, 0.15) is 13.1 Å². The minimum Gasteiger partial charge on any atom is -0.339 e. The predicted molar refractivity (Wildman–Crippen MR) is 176 cm³/mol. The number of carbonyl (C=O) groups is 4. The van der Waals surface area contributed by atoms with Crippen molar-refractivity contribution in [2.24, 2.45) is 0 Å². The Morgan fingerprint density at radius 3 is 2.11 bits per heavy atom. The lowest BCUT2D eigenvalue weighted by atomic mass is 9.98. The molecule has 1 N–H and O–H groups in total. The molecule has 228 valence electrons. The lowest BCUT2D eigenvalue weighted by molar-refractivity contribution is -0.132. The number of benzene rings is 4. The van der Waals surface area contributed by atoms with Gasteiger partial charge in [-0.25, -0.2) is 0 Å². The third-order valence-corrected chi connectivity index (χ3v) is 8.38. The zero-order valence-corrected chi connectivity index (χ0v) is 25.4. The van der Waals surface area contributed by atoms with Crippen molar-refractivity contribution in [1.82, 2.24) is 9.80 Å². The first-order chi connectivity index (χ1) is 21.8. The Hall–Kier alpha value is -5.28. The molecule has 4 aromatic carbocycles. The number of piperazine rings is 1. The summed E-state index contributed by atoms with van der Waals surface area (Å²) in [5.74, 6) is -1.03. The van der Waals surface area contributed by atoms with E-state index >= 15 is 0 Å². The normalized spacial score (nSPS) is 15.1. The number of aryl methyl sites for hydroxylation is 1. The smallest absolute Gasteiger partial charge is 0.258 e. The van der Waals surface area contributed by atoms with Crippen LogP contribution in [0.4, 0.5) is 17.1 Å². The van der Waals surface area contributed by atoms with E-state index in [1.54, 1.807) is 53.4 Å². The molecule has 45 heavy (non-hydrogen) atoms. The van der Waals surface area contributed by atoms with Gasteiger partial charge < -0.3 is 15.1 Å². The third-order valence-electron chi connectivity index (χ3n) is 8.38. The Bertz CT molecular complexity index is 1740. The number of nitrogens with one attached hydrogen (secondary N) is 1. The molecular weight excluding hydrogens is 566 g/mol. The Labute approximate surface area is 262 Å². The van der Waals surface area contributed by atoms with Crippen LogP contribution < -0.4 is 15.1 Å². The highest BCUT2D eigenvalue weighted by atomic mass is 16.2. The standard InChI is InChI=1S/C36H35N5O4/c1-25-11-13-26(14-12-25)29-7-3-4-8-30(29)35(44)37-28-17-15-27(16-18-28)36(45)41-24-34(43)40(31-9-5-6-10-32(31)41)23-33(42)39-21-19-38(2)20-22-39/h3-18H,19-24H2,1-2H3,(H,37,44). The maximum absolute atomic E-state index is 13.7. The lowest BCUT2D eigenvalue weighted by Crippen LogP contribution is -2.54. The number of para-hydroxylation sites is 2. The van der Waals surface area contributed by atoms with Crippen LogP contribution in [0.2, 0.25) is 0 Å². The summed E-state index contributed by atoms with van der Waals surface area (Å²) in [6.07, 6.45) is 0. The van der Waals surface area contributed by atoms with Gasteiger partial charge in [0.05, 0.1) is 11.4 Å². The molecule has 0 aliphatic carbocycles. The van der Waals surface area contributed by atoms with Gasteiger partial charge in [-0.2, -0.15) is 0 Å². The molecule has 0 bridgehead atoms. The molecule has 6 rings (SSSR count). The van der Waals surface area contributed by atoms with Crippen LogP contribution in [-0.4, -0.2) is 79.7 Å². The lowest BCUT2D eigenvalue weighted by Gasteiger charge is -2.38. The van der Waals surface area contributed by atoms with Crippen LogP contribution in [0, 0.1) is 6.92 Å². The highest BCUT2D eigenvalue weighted by Gasteiger charge is 2.35. The van der Waals surface area contributed by atoms with Crippen molar-refractivity contribution >= 4 is 40.7 Å². The van der Waals surface area contributed by atoms with Crippen molar-refractivity contribution in [3.8, 4) is 11.1 Å². The highest BCUT2D eigenvalue weighted by molar-refractivity contribution is 6.17. The number of nitrogens with zero attached hydrogens (tertiary/aromatic N) is 4. The van der Waals surface area contributed by atoms with E-state index in [2.05, 4.69) is 10.2 Å². The fraction of sp³-hybridized carbons (Fsp3) is 0.222. The van der Waals surface area contributed by atoms with Crippen molar-refractivity contribution in [2.45, 2.75) is 6.92 Å². The second-order valence-electron chi connectivity index (χ2n) is 11.5. The molecule has 1 fully saturated rings. The number of fused-ring (bicyclic) bond motifs is 1. The third kappa shape index (κ3) is 6.34. The van der Waals surface area contributed by atoms with Crippen LogP contribution >= 0.6 is 0 Å². The maximum atomic E-state index is 13.7. The zero-order chi connectivity index (χ0) is 31.5. The Balaban J connectivity index is 1.16. The van der Waals surface area contributed by atoms with Crippen molar-refractivity contribution < 1.29 is 19.2 Å². The quantitative estimate of drug-likeness (QED) is 0.347. The first kappa shape index (κ1) is 29.8. The molecule has 1 saturated heterocycles. The van der Waals surface area contributed by atoms with Crippen LogP contribution in [0.15, 0.2) is 97.1 Å². The van der Waals surface area contributed by atoms with Gasteiger partial charge in [0.15, 0.2) is 0 Å². The van der Waals surface area contributed by atoms with Gasteiger partial charge in [0, 0.05) is 43.0 Å². The summed E-state index contributed by atoms with van der Waals surface area (Å²) in [5.41, 5.74) is 5.47. The van der Waals surface area contributed by atoms with Crippen molar-refractivity contribution in [2.75, 3.05) is 61.4 Å². The van der Waals surface area contributed by atoms with E-state index in [0.717, 1.165) is 29.8 Å². The molecule has 2 aliphatic heterocycles. The first-order valence-corrected chi connectivity index (χ1v) is 15.0. The first-order valence-electron chi connectivity index (χ1n) is 15.0. The minimum atomic E-state index is -0.344. The van der Waals surface area contributed by atoms with Gasteiger partial charge in [-0.15, -0.1) is 0 Å². The van der Waals surface area contributed by atoms with Gasteiger partial charge in [0.2, 0.25) is 11.8 Å². The van der Waals surface area contributed by atoms with Gasteiger partial charge >= 0.3 is 0 Å². The SMILES string of the molecule is Cc1ccc(-c2ccccc2C(=O)Nc2ccc(C(=O)N3CC(=O)N(CC(=O)N4CCN(C)CC4)c4ccccc43)cc2)cc1. The number of carbonyl (C=O) groups excluding carboxylic acids is 4. The Morgan fingerprint density at radius 1 is 0.756 bits per heavy atom. The van der Waals surface area contributed by atoms with Gasteiger partial charge in [0.25, 0.3) is 11.8 Å². The largest absolute Gasteiger partial charge is 0.339 e. The average molecular weight is 602 g/mol. The second kappa shape index (κ2) is 12.8. The van der Waals surface area contributed by atoms with Crippen LogP contribution in [-0.2, 0) is 9.59 Å². The van der Waals surface area contributed by atoms with Crippen LogP contribution in [0.3, 0.4) is 0 Å². The number of rotatable bonds is 6. The maximum Gasteiger partial charge on any atom is 0.258 e. The van der Waals surface area contributed by atoms with E-state index in [1.807, 2.05) is 62.5 Å². The molecule has 0 aromatic heterocycles. The molecule has 0 saturated carbocycles. The van der Waals surface area contributed by atoms with Gasteiger partial charge in [-0.3, -0.25) is 29.0 Å². The summed E-state index contributed by atoms with van der Waals surface area (Å²) in [6, 6.07) is 29.2. The molecule has 2 heterocycles. The molecule has 0 radical (unpaired) electrons. The number of hydrogen-bond donors (Lipinski definition) is 1. The van der Waals surface area contributed by atoms with Gasteiger partial charge in [-0.1, -0.05) is 60.2 Å². The molecule has 0 spiro atoms. The number of likely N-dealkylation sites (N-methyl/N-ethyl adjacent to an activating group) is 1. The summed E-state index contributed by atoms with van der Waals surface area (Å²) >= 11 is 0. The predicted octanol–water partition coefficient (Wildman–Crippen LogP) is 4.68. The van der Waals surface area contributed by atoms with Crippen molar-refractivity contribution in [1.29, 1.82) is 0 Å². The molecule has 2 aliphatic rings. The summed E-state index contributed by atoms with van der Waals surface area (Å²) in [5, 5.41) is 2.94. The molecule has 0 atom stereocenters. The van der Waals surface area contributed by atoms with E-state index in [0.29, 0.717) is 41.3 Å². The summed E-state index contributed by atoms with van der Waals surface area (Å²) < 4.78 is 0. The minimum absolute atomic E-state index is 0.0664. The molecule has 9 heteroatoms. The fourth-order valence-corrected chi connectivity index (χ4v) is 5.72. The second-order valence-corrected chi connectivity index (χ2v) is 11.5. The Morgan fingerprint density at radius 2 is 1.40 bits per heavy atom. The molecule has 9 nitrogen and oxygen atoms in total. The number of hydrogen-bond acceptors (Lipinski definition) is 5. The summed E-state index contributed by atoms with van der Waals surface area (Å²) in [7, 11) is 2.02. The molecular formula is C36H35N5O4. The van der Waals surface area contributed by atoms with Crippen molar-refractivity contribution in [3.05, 3.63) is 114 Å². The molecule has 0 unspecified atom stereocenters. The topological polar surface area (TPSA) is 93.3 Å². The average Bonchev–Trinajstić information content (AvgIpc) is 3.06. The summed E-state index contributed by atoms with van der Waals surface area (Å²) in [6.45, 7) is 4.61. The number of anilines is 3. The number of amides is 4. The van der Waals surface area contributed by atoms with E-state index in [-0.39, 0.29) is 36.7 Å². The van der Waals surface area contributed by atoms with Gasteiger partial charge in [-0.05, 0) is 67.6 Å². The van der Waals surface area contributed by atoms with E-state index in [9.17, 15) is 19.2 Å². The Kier molecular flexibility index (Phi) is 8.44. The van der Waals surface area contributed by atoms with Crippen LogP contribution in [0.5, 0.6) is 0 Å². The molecule has 4 amide bonds.